The molecule has 1 heterocycles. The van der Waals surface area contributed by atoms with Gasteiger partial charge in [0.1, 0.15) is 0 Å². The van der Waals surface area contributed by atoms with E-state index in [1.807, 2.05) is 6.07 Å². The first-order valence-corrected chi connectivity index (χ1v) is 9.54. The van der Waals surface area contributed by atoms with Gasteiger partial charge in [-0.1, -0.05) is 23.9 Å². The van der Waals surface area contributed by atoms with Crippen molar-refractivity contribution in [2.24, 2.45) is 7.05 Å². The number of benzene rings is 2. The Morgan fingerprint density at radius 1 is 1.04 bits per heavy atom. The molecule has 2 aromatic carbocycles. The van der Waals surface area contributed by atoms with E-state index in [1.54, 1.807) is 56.4 Å². The van der Waals surface area contributed by atoms with Crippen LogP contribution in [0.5, 0.6) is 0 Å². The number of fused-ring (bicyclic) bond motifs is 1. The summed E-state index contributed by atoms with van der Waals surface area (Å²) in [6, 6.07) is 14.0. The predicted molar refractivity (Wildman–Crippen MR) is 112 cm³/mol. The molecular weight excluding hydrogens is 376 g/mol. The SMILES string of the molecule is CC(=O)Nc1ccc(NC(=O)[C@H](C)Sc2nc3ccccc3c(=O)n2C)cc1. The van der Waals surface area contributed by atoms with E-state index < -0.39 is 5.25 Å². The first kappa shape index (κ1) is 19.6. The molecule has 2 amide bonds. The molecule has 0 fully saturated rings. The van der Waals surface area contributed by atoms with Crippen molar-refractivity contribution in [1.82, 2.24) is 9.55 Å². The first-order valence-electron chi connectivity index (χ1n) is 8.66. The smallest absolute Gasteiger partial charge is 0.261 e. The lowest BCUT2D eigenvalue weighted by molar-refractivity contribution is -0.115. The molecule has 3 rings (SSSR count). The second kappa shape index (κ2) is 8.26. The number of rotatable bonds is 5. The summed E-state index contributed by atoms with van der Waals surface area (Å²) in [6.45, 7) is 3.19. The Labute approximate surface area is 166 Å². The quantitative estimate of drug-likeness (QED) is 0.511. The molecule has 7 nitrogen and oxygen atoms in total. The zero-order valence-electron chi connectivity index (χ0n) is 15.7. The van der Waals surface area contributed by atoms with Gasteiger partial charge in [-0.2, -0.15) is 0 Å². The fraction of sp³-hybridized carbons (Fsp3) is 0.200. The van der Waals surface area contributed by atoms with Crippen molar-refractivity contribution in [2.45, 2.75) is 24.3 Å². The molecule has 0 radical (unpaired) electrons. The largest absolute Gasteiger partial charge is 0.326 e. The maximum atomic E-state index is 12.5. The average Bonchev–Trinajstić information content (AvgIpc) is 2.67. The minimum absolute atomic E-state index is 0.144. The van der Waals surface area contributed by atoms with E-state index in [4.69, 9.17) is 0 Å². The topological polar surface area (TPSA) is 93.1 Å². The average molecular weight is 396 g/mol. The van der Waals surface area contributed by atoms with Gasteiger partial charge in [0, 0.05) is 25.3 Å². The monoisotopic (exact) mass is 396 g/mol. The minimum atomic E-state index is -0.464. The Kier molecular flexibility index (Phi) is 5.79. The summed E-state index contributed by atoms with van der Waals surface area (Å²) in [7, 11) is 1.65. The van der Waals surface area contributed by atoms with Crippen molar-refractivity contribution < 1.29 is 9.59 Å². The van der Waals surface area contributed by atoms with Gasteiger partial charge < -0.3 is 10.6 Å². The van der Waals surface area contributed by atoms with E-state index in [9.17, 15) is 14.4 Å². The number of para-hydroxylation sites is 1. The number of aromatic nitrogens is 2. The van der Waals surface area contributed by atoms with Gasteiger partial charge in [0.05, 0.1) is 16.2 Å². The molecule has 28 heavy (non-hydrogen) atoms. The lowest BCUT2D eigenvalue weighted by Crippen LogP contribution is -2.25. The van der Waals surface area contributed by atoms with Crippen LogP contribution in [-0.4, -0.2) is 26.6 Å². The molecule has 0 aliphatic heterocycles. The van der Waals surface area contributed by atoms with E-state index in [1.165, 1.54) is 23.3 Å². The number of amides is 2. The molecule has 0 unspecified atom stereocenters. The van der Waals surface area contributed by atoms with Crippen LogP contribution in [0, 0.1) is 0 Å². The molecule has 0 saturated heterocycles. The Morgan fingerprint density at radius 2 is 1.64 bits per heavy atom. The molecule has 8 heteroatoms. The normalized spacial score (nSPS) is 11.8. The Balaban J connectivity index is 1.72. The number of anilines is 2. The van der Waals surface area contributed by atoms with Gasteiger partial charge in [-0.3, -0.25) is 19.0 Å². The van der Waals surface area contributed by atoms with Crippen LogP contribution in [0.2, 0.25) is 0 Å². The maximum absolute atomic E-state index is 12.5. The summed E-state index contributed by atoms with van der Waals surface area (Å²) in [4.78, 5) is 40.6. The van der Waals surface area contributed by atoms with Crippen molar-refractivity contribution in [3.05, 3.63) is 58.9 Å². The summed E-state index contributed by atoms with van der Waals surface area (Å²) in [6.07, 6.45) is 0. The highest BCUT2D eigenvalue weighted by molar-refractivity contribution is 8.00. The van der Waals surface area contributed by atoms with E-state index in [0.29, 0.717) is 27.4 Å². The summed E-state index contributed by atoms with van der Waals surface area (Å²) < 4.78 is 1.46. The molecule has 0 aliphatic rings. The third-order valence-corrected chi connectivity index (χ3v) is 5.21. The fourth-order valence-electron chi connectivity index (χ4n) is 2.60. The first-order chi connectivity index (χ1) is 13.3. The minimum Gasteiger partial charge on any atom is -0.326 e. The lowest BCUT2D eigenvalue weighted by atomic mass is 10.2. The Hall–Kier alpha value is -3.13. The molecular formula is C20H20N4O3S. The molecule has 2 N–H and O–H groups in total. The molecule has 0 spiro atoms. The Bertz CT molecular complexity index is 1090. The van der Waals surface area contributed by atoms with Gasteiger partial charge in [0.25, 0.3) is 5.56 Å². The van der Waals surface area contributed by atoms with Crippen LogP contribution in [0.4, 0.5) is 11.4 Å². The molecule has 0 aliphatic carbocycles. The fourth-order valence-corrected chi connectivity index (χ4v) is 3.47. The van der Waals surface area contributed by atoms with E-state index in [-0.39, 0.29) is 17.4 Å². The maximum Gasteiger partial charge on any atom is 0.261 e. The number of nitrogens with one attached hydrogen (secondary N) is 2. The summed E-state index contributed by atoms with van der Waals surface area (Å²) >= 11 is 1.22. The number of thioether (sulfide) groups is 1. The second-order valence-corrected chi connectivity index (χ2v) is 7.59. The predicted octanol–water partition coefficient (Wildman–Crippen LogP) is 3.01. The van der Waals surface area contributed by atoms with Crippen LogP contribution in [0.15, 0.2) is 58.5 Å². The Morgan fingerprint density at radius 3 is 2.29 bits per heavy atom. The zero-order valence-corrected chi connectivity index (χ0v) is 16.5. The van der Waals surface area contributed by atoms with Crippen molar-refractivity contribution >= 4 is 45.9 Å². The van der Waals surface area contributed by atoms with Crippen LogP contribution >= 0.6 is 11.8 Å². The number of carbonyl (C=O) groups excluding carboxylic acids is 2. The molecule has 144 valence electrons. The molecule has 1 aromatic heterocycles. The number of carbonyl (C=O) groups is 2. The van der Waals surface area contributed by atoms with Gasteiger partial charge in [-0.05, 0) is 43.3 Å². The van der Waals surface area contributed by atoms with Crippen molar-refractivity contribution in [2.75, 3.05) is 10.6 Å². The summed E-state index contributed by atoms with van der Waals surface area (Å²) in [5, 5.41) is 6.06. The standard InChI is InChI=1S/C20H20N4O3S/c1-12(18(26)22-15-10-8-14(9-11-15)21-13(2)25)28-20-23-17-7-5-4-6-16(17)19(27)24(20)3/h4-12H,1-3H3,(H,21,25)(H,22,26)/t12-/m0/s1. The van der Waals surface area contributed by atoms with E-state index in [2.05, 4.69) is 15.6 Å². The van der Waals surface area contributed by atoms with Crippen LogP contribution in [0.1, 0.15) is 13.8 Å². The van der Waals surface area contributed by atoms with Crippen LogP contribution < -0.4 is 16.2 Å². The molecule has 1 atom stereocenters. The highest BCUT2D eigenvalue weighted by atomic mass is 32.2. The van der Waals surface area contributed by atoms with Gasteiger partial charge in [0.2, 0.25) is 11.8 Å². The zero-order chi connectivity index (χ0) is 20.3. The number of hydrogen-bond acceptors (Lipinski definition) is 5. The van der Waals surface area contributed by atoms with Crippen molar-refractivity contribution in [3.8, 4) is 0 Å². The second-order valence-electron chi connectivity index (χ2n) is 6.28. The van der Waals surface area contributed by atoms with Crippen LogP contribution in [0.3, 0.4) is 0 Å². The van der Waals surface area contributed by atoms with Crippen LogP contribution in [0.25, 0.3) is 10.9 Å². The van der Waals surface area contributed by atoms with Gasteiger partial charge >= 0.3 is 0 Å². The molecule has 3 aromatic rings. The molecule has 0 bridgehead atoms. The van der Waals surface area contributed by atoms with E-state index >= 15 is 0 Å². The van der Waals surface area contributed by atoms with Crippen molar-refractivity contribution in [3.63, 3.8) is 0 Å². The third kappa shape index (κ3) is 4.40. The van der Waals surface area contributed by atoms with Gasteiger partial charge in [-0.25, -0.2) is 4.98 Å². The number of hydrogen-bond donors (Lipinski definition) is 2. The van der Waals surface area contributed by atoms with E-state index in [0.717, 1.165) is 0 Å². The highest BCUT2D eigenvalue weighted by Crippen LogP contribution is 2.23. The lowest BCUT2D eigenvalue weighted by Gasteiger charge is -2.14. The third-order valence-electron chi connectivity index (χ3n) is 4.07. The summed E-state index contributed by atoms with van der Waals surface area (Å²) in [5.74, 6) is -0.366. The van der Waals surface area contributed by atoms with Gasteiger partial charge in [0.15, 0.2) is 5.16 Å². The highest BCUT2D eigenvalue weighted by Gasteiger charge is 2.18. The molecule has 0 saturated carbocycles. The van der Waals surface area contributed by atoms with Gasteiger partial charge in [-0.15, -0.1) is 0 Å². The summed E-state index contributed by atoms with van der Waals surface area (Å²) in [5.41, 5.74) is 1.73. The van der Waals surface area contributed by atoms with Crippen molar-refractivity contribution in [1.29, 1.82) is 0 Å². The van der Waals surface area contributed by atoms with Crippen LogP contribution in [-0.2, 0) is 16.6 Å². The number of nitrogens with zero attached hydrogens (tertiary/aromatic N) is 2.